The molecule has 0 aliphatic heterocycles. The number of hydrogen-bond acceptors (Lipinski definition) is 3. The molecule has 0 unspecified atom stereocenters. The summed E-state index contributed by atoms with van der Waals surface area (Å²) in [5.41, 5.74) is 0.808. The lowest BCUT2D eigenvalue weighted by molar-refractivity contribution is -0.138. The maximum atomic E-state index is 11.4. The number of ketones is 1. The van der Waals surface area contributed by atoms with Gasteiger partial charge in [0.25, 0.3) is 0 Å². The third-order valence-corrected chi connectivity index (χ3v) is 2.25. The van der Waals surface area contributed by atoms with E-state index in [2.05, 4.69) is 0 Å². The normalized spacial score (nSPS) is 10.5. The second kappa shape index (κ2) is 7.27. The van der Waals surface area contributed by atoms with Gasteiger partial charge in [0.2, 0.25) is 0 Å². The van der Waals surface area contributed by atoms with Gasteiger partial charge in [0.1, 0.15) is 5.75 Å². The molecule has 0 atom stereocenters. The molecule has 0 radical (unpaired) electrons. The van der Waals surface area contributed by atoms with Gasteiger partial charge in [-0.3, -0.25) is 9.59 Å². The van der Waals surface area contributed by atoms with Crippen LogP contribution in [0.5, 0.6) is 5.75 Å². The SMILES string of the molecule is CCOc1ccccc1/C=C/C(=O)CCC(=O)O. The molecule has 4 nitrogen and oxygen atoms in total. The number of allylic oxidation sites excluding steroid dienone is 1. The number of ether oxygens (including phenoxy) is 1. The fraction of sp³-hybridized carbons (Fsp3) is 0.286. The van der Waals surface area contributed by atoms with Crippen LogP contribution < -0.4 is 4.74 Å². The zero-order valence-electron chi connectivity index (χ0n) is 10.3. The second-order valence-electron chi connectivity index (χ2n) is 3.66. The predicted octanol–water partition coefficient (Wildman–Crippen LogP) is 2.53. The Morgan fingerprint density at radius 1 is 1.28 bits per heavy atom. The number of carboxylic acid groups (broad SMARTS) is 1. The number of carboxylic acids is 1. The minimum atomic E-state index is -0.966. The number of benzene rings is 1. The molecule has 0 amide bonds. The Morgan fingerprint density at radius 2 is 2.00 bits per heavy atom. The summed E-state index contributed by atoms with van der Waals surface area (Å²) in [6.07, 6.45) is 2.91. The first-order valence-electron chi connectivity index (χ1n) is 5.78. The highest BCUT2D eigenvalue weighted by molar-refractivity contribution is 5.95. The van der Waals surface area contributed by atoms with Gasteiger partial charge in [0.15, 0.2) is 5.78 Å². The van der Waals surface area contributed by atoms with Crippen molar-refractivity contribution < 1.29 is 19.4 Å². The largest absolute Gasteiger partial charge is 0.493 e. The molecule has 0 saturated carbocycles. The number of rotatable bonds is 7. The summed E-state index contributed by atoms with van der Waals surface area (Å²) in [6, 6.07) is 7.37. The summed E-state index contributed by atoms with van der Waals surface area (Å²) >= 11 is 0. The van der Waals surface area contributed by atoms with Crippen molar-refractivity contribution in [1.29, 1.82) is 0 Å². The lowest BCUT2D eigenvalue weighted by atomic mass is 10.1. The van der Waals surface area contributed by atoms with Crippen LogP contribution in [0, 0.1) is 0 Å². The quantitative estimate of drug-likeness (QED) is 0.753. The van der Waals surface area contributed by atoms with Gasteiger partial charge in [0, 0.05) is 12.0 Å². The Kier molecular flexibility index (Phi) is 5.64. The highest BCUT2D eigenvalue weighted by atomic mass is 16.5. The van der Waals surface area contributed by atoms with Crippen LogP contribution in [0.3, 0.4) is 0 Å². The summed E-state index contributed by atoms with van der Waals surface area (Å²) in [5.74, 6) is -0.461. The van der Waals surface area contributed by atoms with E-state index in [-0.39, 0.29) is 18.6 Å². The van der Waals surface area contributed by atoms with Gasteiger partial charge in [-0.05, 0) is 25.1 Å². The Hall–Kier alpha value is -2.10. The van der Waals surface area contributed by atoms with E-state index in [0.717, 1.165) is 5.56 Å². The molecule has 0 aliphatic carbocycles. The lowest BCUT2D eigenvalue weighted by Crippen LogP contribution is -2.00. The van der Waals surface area contributed by atoms with E-state index >= 15 is 0 Å². The smallest absolute Gasteiger partial charge is 0.303 e. The third-order valence-electron chi connectivity index (χ3n) is 2.25. The van der Waals surface area contributed by atoms with Gasteiger partial charge in [-0.2, -0.15) is 0 Å². The maximum Gasteiger partial charge on any atom is 0.303 e. The molecule has 0 bridgehead atoms. The minimum absolute atomic E-state index is 0.0165. The van der Waals surface area contributed by atoms with E-state index in [0.29, 0.717) is 12.4 Å². The molecular weight excluding hydrogens is 232 g/mol. The van der Waals surface area contributed by atoms with Crippen molar-refractivity contribution in [3.8, 4) is 5.75 Å². The fourth-order valence-corrected chi connectivity index (χ4v) is 1.40. The summed E-state index contributed by atoms with van der Waals surface area (Å²) in [4.78, 5) is 21.7. The zero-order chi connectivity index (χ0) is 13.4. The highest BCUT2D eigenvalue weighted by Crippen LogP contribution is 2.19. The lowest BCUT2D eigenvalue weighted by Gasteiger charge is -2.05. The van der Waals surface area contributed by atoms with E-state index in [1.807, 2.05) is 31.2 Å². The summed E-state index contributed by atoms with van der Waals surface area (Å²) < 4.78 is 5.41. The molecule has 0 aliphatic rings. The van der Waals surface area contributed by atoms with Crippen LogP contribution in [0.25, 0.3) is 6.08 Å². The van der Waals surface area contributed by atoms with Crippen molar-refractivity contribution in [2.24, 2.45) is 0 Å². The van der Waals surface area contributed by atoms with Crippen LogP contribution in [0.15, 0.2) is 30.3 Å². The van der Waals surface area contributed by atoms with Gasteiger partial charge in [0.05, 0.1) is 13.0 Å². The Bertz CT molecular complexity index is 449. The van der Waals surface area contributed by atoms with Gasteiger partial charge in [-0.25, -0.2) is 0 Å². The van der Waals surface area contributed by atoms with Crippen molar-refractivity contribution >= 4 is 17.8 Å². The first-order chi connectivity index (χ1) is 8.63. The molecular formula is C14H16O4. The molecule has 96 valence electrons. The van der Waals surface area contributed by atoms with Gasteiger partial charge < -0.3 is 9.84 Å². The van der Waals surface area contributed by atoms with Crippen LogP contribution in [-0.4, -0.2) is 23.5 Å². The van der Waals surface area contributed by atoms with Gasteiger partial charge in [-0.1, -0.05) is 18.2 Å². The molecule has 1 aromatic carbocycles. The Morgan fingerprint density at radius 3 is 2.67 bits per heavy atom. The van der Waals surface area contributed by atoms with Crippen molar-refractivity contribution in [3.05, 3.63) is 35.9 Å². The minimum Gasteiger partial charge on any atom is -0.493 e. The molecule has 18 heavy (non-hydrogen) atoms. The molecule has 1 N–H and O–H groups in total. The van der Waals surface area contributed by atoms with E-state index in [1.54, 1.807) is 6.08 Å². The molecule has 0 spiro atoms. The van der Waals surface area contributed by atoms with Gasteiger partial charge in [-0.15, -0.1) is 0 Å². The monoisotopic (exact) mass is 248 g/mol. The first kappa shape index (κ1) is 14.0. The van der Waals surface area contributed by atoms with Crippen molar-refractivity contribution in [2.75, 3.05) is 6.61 Å². The highest BCUT2D eigenvalue weighted by Gasteiger charge is 2.03. The van der Waals surface area contributed by atoms with E-state index in [1.165, 1.54) is 6.08 Å². The van der Waals surface area contributed by atoms with Crippen LogP contribution in [-0.2, 0) is 9.59 Å². The Labute approximate surface area is 106 Å². The summed E-state index contributed by atoms with van der Waals surface area (Å²) in [7, 11) is 0. The molecule has 0 aromatic heterocycles. The summed E-state index contributed by atoms with van der Waals surface area (Å²) in [6.45, 7) is 2.44. The Balaban J connectivity index is 2.65. The number of carbonyl (C=O) groups excluding carboxylic acids is 1. The van der Waals surface area contributed by atoms with E-state index in [9.17, 15) is 9.59 Å². The average molecular weight is 248 g/mol. The van der Waals surface area contributed by atoms with Crippen LogP contribution in [0.1, 0.15) is 25.3 Å². The van der Waals surface area contributed by atoms with Crippen LogP contribution in [0.2, 0.25) is 0 Å². The molecule has 0 fully saturated rings. The summed E-state index contributed by atoms with van der Waals surface area (Å²) in [5, 5.41) is 8.47. The molecule has 1 rings (SSSR count). The third kappa shape index (κ3) is 4.82. The average Bonchev–Trinajstić information content (AvgIpc) is 2.35. The van der Waals surface area contributed by atoms with Crippen molar-refractivity contribution in [1.82, 2.24) is 0 Å². The van der Waals surface area contributed by atoms with Crippen LogP contribution >= 0.6 is 0 Å². The zero-order valence-corrected chi connectivity index (χ0v) is 10.3. The van der Waals surface area contributed by atoms with Gasteiger partial charge >= 0.3 is 5.97 Å². The second-order valence-corrected chi connectivity index (χ2v) is 3.66. The van der Waals surface area contributed by atoms with Crippen molar-refractivity contribution in [2.45, 2.75) is 19.8 Å². The predicted molar refractivity (Wildman–Crippen MR) is 68.5 cm³/mol. The number of carbonyl (C=O) groups is 2. The molecule has 0 saturated heterocycles. The topological polar surface area (TPSA) is 63.6 Å². The number of para-hydroxylation sites is 1. The van der Waals surface area contributed by atoms with E-state index in [4.69, 9.17) is 9.84 Å². The van der Waals surface area contributed by atoms with Crippen LogP contribution in [0.4, 0.5) is 0 Å². The maximum absolute atomic E-state index is 11.4. The first-order valence-corrected chi connectivity index (χ1v) is 5.78. The molecule has 4 heteroatoms. The molecule has 1 aromatic rings. The fourth-order valence-electron chi connectivity index (χ4n) is 1.40. The van der Waals surface area contributed by atoms with E-state index < -0.39 is 5.97 Å². The van der Waals surface area contributed by atoms with Crippen molar-refractivity contribution in [3.63, 3.8) is 0 Å². The molecule has 0 heterocycles. The standard InChI is InChI=1S/C14H16O4/c1-2-18-13-6-4-3-5-11(13)7-8-12(15)9-10-14(16)17/h3-8H,2,9-10H2,1H3,(H,16,17)/b8-7+. The number of aliphatic carboxylic acids is 1. The number of hydrogen-bond donors (Lipinski definition) is 1.